The maximum Gasteiger partial charge on any atom is 0.416 e. The van der Waals surface area contributed by atoms with Crippen LogP contribution in [-0.2, 0) is 17.8 Å². The van der Waals surface area contributed by atoms with Crippen LogP contribution in [0.5, 0.6) is 0 Å². The molecule has 4 nitrogen and oxygen atoms in total. The Labute approximate surface area is 147 Å². The predicted octanol–water partition coefficient (Wildman–Crippen LogP) is 3.59. The van der Waals surface area contributed by atoms with E-state index in [0.29, 0.717) is 11.1 Å². The first-order valence-corrected chi connectivity index (χ1v) is 7.72. The fourth-order valence-electron chi connectivity index (χ4n) is 2.26. The molecular formula is C18H17F4NO3. The minimum Gasteiger partial charge on any atom is -0.445 e. The molecule has 0 radical (unpaired) electrons. The van der Waals surface area contributed by atoms with Crippen LogP contribution in [0.3, 0.4) is 0 Å². The standard InChI is InChI=1S/C18H17F4NO3/c19-14-8-6-12(7-9-14)10-15(16(24)18(20,21)22)23-17(25)26-11-13-4-2-1-3-5-13/h1-9,15-16,24H,10-11H2,(H,23,25). The number of carbonyl (C=O) groups is 1. The van der Waals surface area contributed by atoms with E-state index in [4.69, 9.17) is 4.74 Å². The maximum absolute atomic E-state index is 12.9. The monoisotopic (exact) mass is 371 g/mol. The number of amides is 1. The molecule has 2 atom stereocenters. The Hall–Kier alpha value is -2.61. The predicted molar refractivity (Wildman–Crippen MR) is 85.7 cm³/mol. The molecule has 0 heterocycles. The van der Waals surface area contributed by atoms with Crippen molar-refractivity contribution < 1.29 is 32.2 Å². The summed E-state index contributed by atoms with van der Waals surface area (Å²) in [7, 11) is 0. The summed E-state index contributed by atoms with van der Waals surface area (Å²) < 4.78 is 56.4. The highest BCUT2D eigenvalue weighted by Gasteiger charge is 2.44. The molecule has 0 aliphatic heterocycles. The van der Waals surface area contributed by atoms with E-state index in [9.17, 15) is 27.5 Å². The molecule has 0 spiro atoms. The van der Waals surface area contributed by atoms with Crippen LogP contribution in [-0.4, -0.2) is 29.5 Å². The molecule has 26 heavy (non-hydrogen) atoms. The van der Waals surface area contributed by atoms with E-state index < -0.39 is 30.2 Å². The number of halogens is 4. The highest BCUT2D eigenvalue weighted by atomic mass is 19.4. The van der Waals surface area contributed by atoms with Gasteiger partial charge in [-0.05, 0) is 29.7 Å². The van der Waals surface area contributed by atoms with Crippen molar-refractivity contribution in [2.45, 2.75) is 31.3 Å². The summed E-state index contributed by atoms with van der Waals surface area (Å²) in [5.74, 6) is -0.545. The molecule has 2 rings (SSSR count). The van der Waals surface area contributed by atoms with Crippen molar-refractivity contribution in [1.82, 2.24) is 5.32 Å². The third kappa shape index (κ3) is 6.03. The molecule has 1 amide bonds. The molecular weight excluding hydrogens is 354 g/mol. The molecule has 0 saturated carbocycles. The molecule has 8 heteroatoms. The van der Waals surface area contributed by atoms with Crippen LogP contribution in [0.15, 0.2) is 54.6 Å². The lowest BCUT2D eigenvalue weighted by atomic mass is 10.0. The zero-order chi connectivity index (χ0) is 19.2. The van der Waals surface area contributed by atoms with Gasteiger partial charge in [-0.1, -0.05) is 42.5 Å². The summed E-state index contributed by atoms with van der Waals surface area (Å²) in [6, 6.07) is 11.6. The molecule has 2 aromatic rings. The lowest BCUT2D eigenvalue weighted by Crippen LogP contribution is -2.51. The number of aliphatic hydroxyl groups excluding tert-OH is 1. The van der Waals surface area contributed by atoms with Gasteiger partial charge in [0.25, 0.3) is 0 Å². The van der Waals surface area contributed by atoms with Gasteiger partial charge in [-0.3, -0.25) is 0 Å². The number of hydrogen-bond acceptors (Lipinski definition) is 3. The molecule has 0 saturated heterocycles. The molecule has 2 unspecified atom stereocenters. The van der Waals surface area contributed by atoms with Crippen LogP contribution < -0.4 is 5.32 Å². The summed E-state index contributed by atoms with van der Waals surface area (Å²) in [5.41, 5.74) is 0.983. The van der Waals surface area contributed by atoms with Gasteiger partial charge in [0.2, 0.25) is 0 Å². The van der Waals surface area contributed by atoms with Crippen LogP contribution in [0.1, 0.15) is 11.1 Å². The SMILES string of the molecule is O=C(NC(Cc1ccc(F)cc1)C(O)C(F)(F)F)OCc1ccccc1. The van der Waals surface area contributed by atoms with Crippen LogP contribution in [0.25, 0.3) is 0 Å². The maximum atomic E-state index is 12.9. The Morgan fingerprint density at radius 2 is 1.65 bits per heavy atom. The summed E-state index contributed by atoms with van der Waals surface area (Å²) in [6.45, 7) is -0.127. The number of hydrogen-bond donors (Lipinski definition) is 2. The lowest BCUT2D eigenvalue weighted by Gasteiger charge is -2.25. The quantitative estimate of drug-likeness (QED) is 0.763. The first kappa shape index (κ1) is 19.7. The molecule has 0 fully saturated rings. The molecule has 0 aromatic heterocycles. The van der Waals surface area contributed by atoms with Crippen LogP contribution in [0, 0.1) is 5.82 Å². The van der Waals surface area contributed by atoms with Gasteiger partial charge in [-0.25, -0.2) is 9.18 Å². The molecule has 140 valence electrons. The van der Waals surface area contributed by atoms with E-state index in [-0.39, 0.29) is 13.0 Å². The Balaban J connectivity index is 2.02. The number of alkyl carbamates (subject to hydrolysis) is 1. The largest absolute Gasteiger partial charge is 0.445 e. The van der Waals surface area contributed by atoms with E-state index in [2.05, 4.69) is 0 Å². The van der Waals surface area contributed by atoms with Crippen molar-refractivity contribution in [2.24, 2.45) is 0 Å². The van der Waals surface area contributed by atoms with Gasteiger partial charge in [0, 0.05) is 0 Å². The molecule has 0 aliphatic carbocycles. The second-order valence-electron chi connectivity index (χ2n) is 5.63. The van der Waals surface area contributed by atoms with Crippen molar-refractivity contribution in [1.29, 1.82) is 0 Å². The molecule has 2 aromatic carbocycles. The van der Waals surface area contributed by atoms with Crippen molar-refractivity contribution in [3.05, 3.63) is 71.5 Å². The normalized spacial score (nSPS) is 13.7. The van der Waals surface area contributed by atoms with Gasteiger partial charge in [0.15, 0.2) is 6.10 Å². The molecule has 0 bridgehead atoms. The minimum atomic E-state index is -4.93. The number of aliphatic hydroxyl groups is 1. The van der Waals surface area contributed by atoms with Crippen molar-refractivity contribution in [3.63, 3.8) is 0 Å². The minimum absolute atomic E-state index is 0.127. The topological polar surface area (TPSA) is 58.6 Å². The summed E-state index contributed by atoms with van der Waals surface area (Å²) in [6.07, 6.45) is -9.17. The van der Waals surface area contributed by atoms with E-state index in [1.807, 2.05) is 5.32 Å². The Morgan fingerprint density at radius 3 is 2.23 bits per heavy atom. The second-order valence-corrected chi connectivity index (χ2v) is 5.63. The third-order valence-corrected chi connectivity index (χ3v) is 3.60. The number of benzene rings is 2. The Morgan fingerprint density at radius 1 is 1.04 bits per heavy atom. The highest BCUT2D eigenvalue weighted by molar-refractivity contribution is 5.67. The second kappa shape index (κ2) is 8.66. The fraction of sp³-hybridized carbons (Fsp3) is 0.278. The van der Waals surface area contributed by atoms with Gasteiger partial charge in [0.05, 0.1) is 6.04 Å². The zero-order valence-electron chi connectivity index (χ0n) is 13.5. The number of rotatable bonds is 6. The van der Waals surface area contributed by atoms with Crippen LogP contribution >= 0.6 is 0 Å². The first-order chi connectivity index (χ1) is 12.3. The van der Waals surface area contributed by atoms with Gasteiger partial charge >= 0.3 is 12.3 Å². The number of carbonyl (C=O) groups excluding carboxylic acids is 1. The average molecular weight is 371 g/mol. The summed E-state index contributed by atoms with van der Waals surface area (Å²) in [4.78, 5) is 11.8. The number of ether oxygens (including phenoxy) is 1. The summed E-state index contributed by atoms with van der Waals surface area (Å²) in [5, 5.41) is 11.6. The van der Waals surface area contributed by atoms with Gasteiger partial charge in [0.1, 0.15) is 12.4 Å². The zero-order valence-corrected chi connectivity index (χ0v) is 13.5. The number of alkyl halides is 3. The number of nitrogens with one attached hydrogen (secondary N) is 1. The lowest BCUT2D eigenvalue weighted by molar-refractivity contribution is -0.211. The van der Waals surface area contributed by atoms with Crippen molar-refractivity contribution in [2.75, 3.05) is 0 Å². The Bertz CT molecular complexity index is 705. The van der Waals surface area contributed by atoms with Crippen molar-refractivity contribution in [3.8, 4) is 0 Å². The van der Waals surface area contributed by atoms with Crippen LogP contribution in [0.4, 0.5) is 22.4 Å². The highest BCUT2D eigenvalue weighted by Crippen LogP contribution is 2.24. The van der Waals surface area contributed by atoms with E-state index >= 15 is 0 Å². The fourth-order valence-corrected chi connectivity index (χ4v) is 2.26. The molecule has 0 aliphatic rings. The van der Waals surface area contributed by atoms with Gasteiger partial charge in [-0.15, -0.1) is 0 Å². The van der Waals surface area contributed by atoms with E-state index in [0.717, 1.165) is 12.1 Å². The third-order valence-electron chi connectivity index (χ3n) is 3.60. The van der Waals surface area contributed by atoms with Crippen LogP contribution in [0.2, 0.25) is 0 Å². The van der Waals surface area contributed by atoms with E-state index in [1.54, 1.807) is 30.3 Å². The molecule has 2 N–H and O–H groups in total. The van der Waals surface area contributed by atoms with E-state index in [1.165, 1.54) is 12.1 Å². The first-order valence-electron chi connectivity index (χ1n) is 7.72. The van der Waals surface area contributed by atoms with Gasteiger partial charge < -0.3 is 15.2 Å². The van der Waals surface area contributed by atoms with Crippen molar-refractivity contribution >= 4 is 6.09 Å². The Kier molecular flexibility index (Phi) is 6.57. The smallest absolute Gasteiger partial charge is 0.416 e. The van der Waals surface area contributed by atoms with Gasteiger partial charge in [-0.2, -0.15) is 13.2 Å². The average Bonchev–Trinajstić information content (AvgIpc) is 2.61. The summed E-state index contributed by atoms with van der Waals surface area (Å²) >= 11 is 0.